The van der Waals surface area contributed by atoms with Crippen LogP contribution in [0.4, 0.5) is 13.2 Å². The van der Waals surface area contributed by atoms with Gasteiger partial charge in [-0.05, 0) is 19.1 Å². The van der Waals surface area contributed by atoms with E-state index in [4.69, 9.17) is 5.11 Å². The smallest absolute Gasteiger partial charge is 0.429 e. The molecule has 0 spiro atoms. The van der Waals surface area contributed by atoms with Gasteiger partial charge in [0.05, 0.1) is 0 Å². The molecule has 0 aliphatic rings. The number of esters is 1. The SMILES string of the molecule is C=C(C)C(=O)OC(c1ccc(O)cc1)C(F)(F)F. The predicted molar refractivity (Wildman–Crippen MR) is 57.8 cm³/mol. The van der Waals surface area contributed by atoms with Crippen molar-refractivity contribution in [3.63, 3.8) is 0 Å². The maximum Gasteiger partial charge on any atom is 0.429 e. The van der Waals surface area contributed by atoms with Crippen LogP contribution in [0.15, 0.2) is 36.4 Å². The molecule has 0 saturated carbocycles. The van der Waals surface area contributed by atoms with Crippen LogP contribution in [-0.2, 0) is 9.53 Å². The van der Waals surface area contributed by atoms with Crippen molar-refractivity contribution in [1.82, 2.24) is 0 Å². The van der Waals surface area contributed by atoms with E-state index >= 15 is 0 Å². The minimum atomic E-state index is -4.73. The van der Waals surface area contributed by atoms with Crippen LogP contribution >= 0.6 is 0 Å². The monoisotopic (exact) mass is 260 g/mol. The van der Waals surface area contributed by atoms with Gasteiger partial charge in [-0.1, -0.05) is 18.7 Å². The lowest BCUT2D eigenvalue weighted by Crippen LogP contribution is -2.26. The van der Waals surface area contributed by atoms with Crippen molar-refractivity contribution < 1.29 is 27.8 Å². The van der Waals surface area contributed by atoms with Crippen molar-refractivity contribution in [3.05, 3.63) is 42.0 Å². The van der Waals surface area contributed by atoms with E-state index in [1.54, 1.807) is 0 Å². The Morgan fingerprint density at radius 2 is 1.83 bits per heavy atom. The number of ether oxygens (including phenoxy) is 1. The summed E-state index contributed by atoms with van der Waals surface area (Å²) in [4.78, 5) is 11.2. The highest BCUT2D eigenvalue weighted by atomic mass is 19.4. The van der Waals surface area contributed by atoms with E-state index in [-0.39, 0.29) is 16.9 Å². The van der Waals surface area contributed by atoms with Crippen molar-refractivity contribution in [2.75, 3.05) is 0 Å². The average Bonchev–Trinajstić information content (AvgIpc) is 2.25. The Bertz CT molecular complexity index is 449. The lowest BCUT2D eigenvalue weighted by atomic mass is 10.1. The minimum Gasteiger partial charge on any atom is -0.508 e. The van der Waals surface area contributed by atoms with Crippen LogP contribution in [0.25, 0.3) is 0 Å². The first kappa shape index (κ1) is 14.1. The van der Waals surface area contributed by atoms with E-state index in [9.17, 15) is 18.0 Å². The highest BCUT2D eigenvalue weighted by molar-refractivity contribution is 5.87. The van der Waals surface area contributed by atoms with Gasteiger partial charge < -0.3 is 9.84 Å². The van der Waals surface area contributed by atoms with Gasteiger partial charge in [0.15, 0.2) is 0 Å². The molecule has 0 amide bonds. The summed E-state index contributed by atoms with van der Waals surface area (Å²) in [5.41, 5.74) is -0.391. The second-order valence-electron chi connectivity index (χ2n) is 3.70. The Hall–Kier alpha value is -1.98. The van der Waals surface area contributed by atoms with Crippen LogP contribution in [0, 0.1) is 0 Å². The Labute approximate surface area is 101 Å². The zero-order valence-electron chi connectivity index (χ0n) is 9.49. The largest absolute Gasteiger partial charge is 0.508 e. The molecule has 1 rings (SSSR count). The lowest BCUT2D eigenvalue weighted by molar-refractivity contribution is -0.221. The number of phenolic OH excluding ortho intramolecular Hbond substituents is 1. The van der Waals surface area contributed by atoms with Crippen LogP contribution in [0.5, 0.6) is 5.75 Å². The standard InChI is InChI=1S/C12H11F3O3/c1-7(2)11(17)18-10(12(13,14)15)8-3-5-9(16)6-4-8/h3-6,10,16H,1H2,2H3. The zero-order valence-corrected chi connectivity index (χ0v) is 9.49. The fourth-order valence-electron chi connectivity index (χ4n) is 1.18. The normalized spacial score (nSPS) is 12.9. The molecule has 6 heteroatoms. The number of aromatic hydroxyl groups is 1. The molecule has 0 radical (unpaired) electrons. The van der Waals surface area contributed by atoms with Gasteiger partial charge in [0.2, 0.25) is 6.10 Å². The first-order chi connectivity index (χ1) is 8.21. The van der Waals surface area contributed by atoms with Crippen molar-refractivity contribution in [3.8, 4) is 5.75 Å². The summed E-state index contributed by atoms with van der Waals surface area (Å²) in [7, 11) is 0. The molecule has 1 N–H and O–H groups in total. The molecule has 0 heterocycles. The summed E-state index contributed by atoms with van der Waals surface area (Å²) in [5.74, 6) is -1.30. The maximum atomic E-state index is 12.8. The predicted octanol–water partition coefficient (Wildman–Crippen LogP) is 3.11. The number of alkyl halides is 3. The molecule has 0 aliphatic heterocycles. The van der Waals surface area contributed by atoms with E-state index in [0.29, 0.717) is 0 Å². The van der Waals surface area contributed by atoms with Crippen molar-refractivity contribution in [2.45, 2.75) is 19.2 Å². The number of rotatable bonds is 3. The molecule has 1 unspecified atom stereocenters. The second kappa shape index (κ2) is 5.12. The van der Waals surface area contributed by atoms with Crippen LogP contribution in [0.1, 0.15) is 18.6 Å². The Balaban J connectivity index is 3.03. The first-order valence-electron chi connectivity index (χ1n) is 4.94. The van der Waals surface area contributed by atoms with Gasteiger partial charge in [0.1, 0.15) is 5.75 Å². The van der Waals surface area contributed by atoms with Crippen LogP contribution in [0.2, 0.25) is 0 Å². The molecule has 18 heavy (non-hydrogen) atoms. The van der Waals surface area contributed by atoms with Gasteiger partial charge in [-0.3, -0.25) is 0 Å². The summed E-state index contributed by atoms with van der Waals surface area (Å²) in [5, 5.41) is 9.01. The molecule has 0 aliphatic carbocycles. The molecular formula is C12H11F3O3. The molecule has 1 atom stereocenters. The van der Waals surface area contributed by atoms with E-state index in [2.05, 4.69) is 11.3 Å². The molecule has 0 saturated heterocycles. The molecule has 0 aromatic heterocycles. The number of phenols is 1. The van der Waals surface area contributed by atoms with Gasteiger partial charge in [0, 0.05) is 11.1 Å². The average molecular weight is 260 g/mol. The quantitative estimate of drug-likeness (QED) is 0.671. The van der Waals surface area contributed by atoms with Crippen molar-refractivity contribution in [1.29, 1.82) is 0 Å². The van der Waals surface area contributed by atoms with Crippen LogP contribution < -0.4 is 0 Å². The highest BCUT2D eigenvalue weighted by Crippen LogP contribution is 2.36. The number of carbonyl (C=O) groups is 1. The minimum absolute atomic E-state index is 0.122. The molecule has 1 aromatic rings. The first-order valence-corrected chi connectivity index (χ1v) is 4.94. The van der Waals surface area contributed by atoms with Crippen molar-refractivity contribution in [2.24, 2.45) is 0 Å². The highest BCUT2D eigenvalue weighted by Gasteiger charge is 2.44. The number of halogens is 3. The summed E-state index contributed by atoms with van der Waals surface area (Å²) < 4.78 is 42.6. The van der Waals surface area contributed by atoms with E-state index in [0.717, 1.165) is 24.3 Å². The topological polar surface area (TPSA) is 46.5 Å². The third-order valence-corrected chi connectivity index (χ3v) is 2.07. The third-order valence-electron chi connectivity index (χ3n) is 2.07. The molecular weight excluding hydrogens is 249 g/mol. The van der Waals surface area contributed by atoms with Crippen LogP contribution in [0.3, 0.4) is 0 Å². The Morgan fingerprint density at radius 1 is 1.33 bits per heavy atom. The van der Waals surface area contributed by atoms with Gasteiger partial charge in [0.25, 0.3) is 0 Å². The van der Waals surface area contributed by atoms with E-state index in [1.807, 2.05) is 0 Å². The molecule has 98 valence electrons. The van der Waals surface area contributed by atoms with Crippen molar-refractivity contribution >= 4 is 5.97 Å². The zero-order chi connectivity index (χ0) is 13.9. The summed E-state index contributed by atoms with van der Waals surface area (Å²) >= 11 is 0. The van der Waals surface area contributed by atoms with E-state index in [1.165, 1.54) is 6.92 Å². The number of carbonyl (C=O) groups excluding carboxylic acids is 1. The summed E-state index contributed by atoms with van der Waals surface area (Å²) in [6.45, 7) is 4.47. The Kier molecular flexibility index (Phi) is 4.00. The third kappa shape index (κ3) is 3.51. The molecule has 0 bridgehead atoms. The van der Waals surface area contributed by atoms with Gasteiger partial charge in [-0.25, -0.2) is 4.79 Å². The summed E-state index contributed by atoms with van der Waals surface area (Å²) in [6, 6.07) is 4.25. The number of hydrogen-bond donors (Lipinski definition) is 1. The fourth-order valence-corrected chi connectivity index (χ4v) is 1.18. The second-order valence-corrected chi connectivity index (χ2v) is 3.70. The molecule has 3 nitrogen and oxygen atoms in total. The Morgan fingerprint density at radius 3 is 2.22 bits per heavy atom. The molecule has 1 aromatic carbocycles. The van der Waals surface area contributed by atoms with Crippen LogP contribution in [-0.4, -0.2) is 17.3 Å². The molecule has 0 fully saturated rings. The maximum absolute atomic E-state index is 12.8. The fraction of sp³-hybridized carbons (Fsp3) is 0.250. The van der Waals surface area contributed by atoms with Gasteiger partial charge in [-0.2, -0.15) is 13.2 Å². The number of benzene rings is 1. The van der Waals surface area contributed by atoms with E-state index < -0.39 is 18.2 Å². The number of hydrogen-bond acceptors (Lipinski definition) is 3. The van der Waals surface area contributed by atoms with Gasteiger partial charge in [-0.15, -0.1) is 0 Å². The lowest BCUT2D eigenvalue weighted by Gasteiger charge is -2.21. The van der Waals surface area contributed by atoms with Gasteiger partial charge >= 0.3 is 12.1 Å². The summed E-state index contributed by atoms with van der Waals surface area (Å²) in [6.07, 6.45) is -7.11.